The number of piperidine rings is 1. The maximum atomic E-state index is 10.6. The fraction of sp³-hybridized carbons (Fsp3) is 0.667. The lowest BCUT2D eigenvalue weighted by atomic mass is 9.98. The second-order valence-electron chi connectivity index (χ2n) is 4.53. The van der Waals surface area contributed by atoms with Crippen LogP contribution >= 0.6 is 11.3 Å². The summed E-state index contributed by atoms with van der Waals surface area (Å²) in [4.78, 5) is 17.3. The van der Waals surface area contributed by atoms with Crippen LogP contribution in [-0.4, -0.2) is 33.5 Å². The number of carbonyl (C=O) groups is 1. The summed E-state index contributed by atoms with van der Waals surface area (Å²) in [6.45, 7) is 1.94. The summed E-state index contributed by atoms with van der Waals surface area (Å²) in [5.74, 6) is -0.691. The maximum Gasteiger partial charge on any atom is 0.303 e. The van der Waals surface area contributed by atoms with Crippen LogP contribution in [0.4, 0.5) is 0 Å². The van der Waals surface area contributed by atoms with Gasteiger partial charge in [0.2, 0.25) is 0 Å². The van der Waals surface area contributed by atoms with Crippen LogP contribution in [0, 0.1) is 0 Å². The zero-order valence-corrected chi connectivity index (χ0v) is 10.7. The van der Waals surface area contributed by atoms with E-state index >= 15 is 0 Å². The third-order valence-electron chi connectivity index (χ3n) is 3.29. The second kappa shape index (κ2) is 6.12. The van der Waals surface area contributed by atoms with E-state index in [0.29, 0.717) is 6.04 Å². The molecule has 1 unspecified atom stereocenters. The number of thiazole rings is 1. The van der Waals surface area contributed by atoms with Crippen LogP contribution in [0.3, 0.4) is 0 Å². The van der Waals surface area contributed by atoms with Gasteiger partial charge in [-0.3, -0.25) is 9.69 Å². The van der Waals surface area contributed by atoms with Crippen LogP contribution in [0.15, 0.2) is 10.9 Å². The molecule has 2 rings (SSSR count). The lowest BCUT2D eigenvalue weighted by molar-refractivity contribution is -0.137. The highest BCUT2D eigenvalue weighted by Gasteiger charge is 2.23. The van der Waals surface area contributed by atoms with Gasteiger partial charge in [-0.15, -0.1) is 11.3 Å². The van der Waals surface area contributed by atoms with E-state index in [4.69, 9.17) is 5.11 Å². The number of carboxylic acids is 1. The quantitative estimate of drug-likeness (QED) is 0.876. The first kappa shape index (κ1) is 12.5. The van der Waals surface area contributed by atoms with Crippen molar-refractivity contribution in [1.82, 2.24) is 9.88 Å². The van der Waals surface area contributed by atoms with Gasteiger partial charge in [0.25, 0.3) is 0 Å². The Kier molecular flexibility index (Phi) is 4.50. The molecule has 17 heavy (non-hydrogen) atoms. The minimum absolute atomic E-state index is 0.276. The summed E-state index contributed by atoms with van der Waals surface area (Å²) in [7, 11) is 0. The Bertz CT molecular complexity index is 353. The molecule has 5 heteroatoms. The molecule has 94 valence electrons. The molecule has 2 heterocycles. The van der Waals surface area contributed by atoms with E-state index in [1.807, 2.05) is 5.51 Å². The normalized spacial score (nSPS) is 21.5. The Morgan fingerprint density at radius 2 is 2.47 bits per heavy atom. The zero-order valence-electron chi connectivity index (χ0n) is 9.84. The van der Waals surface area contributed by atoms with Crippen LogP contribution in [0.5, 0.6) is 0 Å². The van der Waals surface area contributed by atoms with Crippen molar-refractivity contribution >= 4 is 17.3 Å². The van der Waals surface area contributed by atoms with Gasteiger partial charge in [-0.05, 0) is 25.8 Å². The summed E-state index contributed by atoms with van der Waals surface area (Å²) in [6.07, 6.45) is 4.60. The lowest BCUT2D eigenvalue weighted by Crippen LogP contribution is -2.39. The van der Waals surface area contributed by atoms with Gasteiger partial charge in [0, 0.05) is 24.4 Å². The molecule has 0 saturated carbocycles. The average molecular weight is 254 g/mol. The van der Waals surface area contributed by atoms with Crippen molar-refractivity contribution in [3.05, 3.63) is 16.6 Å². The number of rotatable bonds is 5. The molecule has 0 radical (unpaired) electrons. The molecule has 0 amide bonds. The topological polar surface area (TPSA) is 53.4 Å². The Morgan fingerprint density at radius 1 is 1.59 bits per heavy atom. The van der Waals surface area contributed by atoms with E-state index in [9.17, 15) is 4.79 Å². The summed E-state index contributed by atoms with van der Waals surface area (Å²) in [5, 5.41) is 10.8. The van der Waals surface area contributed by atoms with Gasteiger partial charge in [-0.25, -0.2) is 4.98 Å². The molecule has 1 N–H and O–H groups in total. The van der Waals surface area contributed by atoms with Crippen LogP contribution in [0.2, 0.25) is 0 Å². The second-order valence-corrected chi connectivity index (χ2v) is 5.25. The number of nitrogens with zero attached hydrogens (tertiary/aromatic N) is 2. The molecular weight excluding hydrogens is 236 g/mol. The minimum Gasteiger partial charge on any atom is -0.481 e. The molecule has 1 aromatic rings. The van der Waals surface area contributed by atoms with Gasteiger partial charge in [0.1, 0.15) is 0 Å². The fourth-order valence-electron chi connectivity index (χ4n) is 2.41. The van der Waals surface area contributed by atoms with Crippen LogP contribution in [0.25, 0.3) is 0 Å². The van der Waals surface area contributed by atoms with Gasteiger partial charge in [0.05, 0.1) is 11.2 Å². The molecule has 1 aromatic heterocycles. The number of aliphatic carboxylic acids is 1. The molecule has 0 bridgehead atoms. The Labute approximate surface area is 105 Å². The van der Waals surface area contributed by atoms with Crippen molar-refractivity contribution in [2.45, 2.75) is 44.7 Å². The minimum atomic E-state index is -0.691. The van der Waals surface area contributed by atoms with Gasteiger partial charge >= 0.3 is 5.97 Å². The Balaban J connectivity index is 1.89. The van der Waals surface area contributed by atoms with Crippen molar-refractivity contribution < 1.29 is 9.90 Å². The predicted molar refractivity (Wildman–Crippen MR) is 67.0 cm³/mol. The zero-order chi connectivity index (χ0) is 12.1. The highest BCUT2D eigenvalue weighted by atomic mass is 32.1. The summed E-state index contributed by atoms with van der Waals surface area (Å²) >= 11 is 1.62. The monoisotopic (exact) mass is 254 g/mol. The molecule has 1 saturated heterocycles. The van der Waals surface area contributed by atoms with Crippen molar-refractivity contribution in [2.75, 3.05) is 6.54 Å². The molecular formula is C12H18N2O2S. The van der Waals surface area contributed by atoms with Crippen molar-refractivity contribution in [1.29, 1.82) is 0 Å². The molecule has 1 atom stereocenters. The van der Waals surface area contributed by atoms with Gasteiger partial charge in [-0.2, -0.15) is 0 Å². The first-order valence-electron chi connectivity index (χ1n) is 6.08. The van der Waals surface area contributed by atoms with Crippen LogP contribution < -0.4 is 0 Å². The summed E-state index contributed by atoms with van der Waals surface area (Å²) < 4.78 is 0. The molecule has 1 fully saturated rings. The number of aromatic nitrogens is 1. The Hall–Kier alpha value is -0.940. The number of hydrogen-bond acceptors (Lipinski definition) is 4. The highest BCUT2D eigenvalue weighted by Crippen LogP contribution is 2.22. The Morgan fingerprint density at radius 3 is 3.18 bits per heavy atom. The molecule has 1 aliphatic heterocycles. The summed E-state index contributed by atoms with van der Waals surface area (Å²) in [5.41, 5.74) is 2.96. The first-order valence-corrected chi connectivity index (χ1v) is 7.03. The standard InChI is InChI=1S/C12H18N2O2S/c15-12(16)5-4-11-3-1-2-6-14(11)7-10-8-17-9-13-10/h8-9,11H,1-7H2,(H,15,16). The smallest absolute Gasteiger partial charge is 0.303 e. The molecule has 0 aliphatic carbocycles. The highest BCUT2D eigenvalue weighted by molar-refractivity contribution is 7.07. The summed E-state index contributed by atoms with van der Waals surface area (Å²) in [6, 6.07) is 0.418. The third kappa shape index (κ3) is 3.78. The number of likely N-dealkylation sites (tertiary alicyclic amines) is 1. The molecule has 0 spiro atoms. The lowest BCUT2D eigenvalue weighted by Gasteiger charge is -2.35. The largest absolute Gasteiger partial charge is 0.481 e. The van der Waals surface area contributed by atoms with Crippen molar-refractivity contribution in [3.63, 3.8) is 0 Å². The number of carboxylic acid groups (broad SMARTS) is 1. The van der Waals surface area contributed by atoms with Crippen molar-refractivity contribution in [2.24, 2.45) is 0 Å². The molecule has 0 aromatic carbocycles. The number of hydrogen-bond donors (Lipinski definition) is 1. The van der Waals surface area contributed by atoms with E-state index in [1.54, 1.807) is 11.3 Å². The first-order chi connectivity index (χ1) is 8.25. The van der Waals surface area contributed by atoms with Gasteiger partial charge in [0.15, 0.2) is 0 Å². The van der Waals surface area contributed by atoms with Crippen LogP contribution in [-0.2, 0) is 11.3 Å². The van der Waals surface area contributed by atoms with E-state index in [-0.39, 0.29) is 6.42 Å². The third-order valence-corrected chi connectivity index (χ3v) is 3.92. The maximum absolute atomic E-state index is 10.6. The van der Waals surface area contributed by atoms with E-state index < -0.39 is 5.97 Å². The SMILES string of the molecule is O=C(O)CCC1CCCCN1Cc1cscn1. The van der Waals surface area contributed by atoms with Gasteiger partial charge < -0.3 is 5.11 Å². The van der Waals surface area contributed by atoms with Crippen LogP contribution in [0.1, 0.15) is 37.8 Å². The average Bonchev–Trinajstić information content (AvgIpc) is 2.80. The van der Waals surface area contributed by atoms with E-state index in [1.165, 1.54) is 12.8 Å². The predicted octanol–water partition coefficient (Wildman–Crippen LogP) is 2.36. The molecule has 4 nitrogen and oxygen atoms in total. The van der Waals surface area contributed by atoms with Crippen molar-refractivity contribution in [3.8, 4) is 0 Å². The van der Waals surface area contributed by atoms with Gasteiger partial charge in [-0.1, -0.05) is 6.42 Å². The molecule has 1 aliphatic rings. The van der Waals surface area contributed by atoms with E-state index in [2.05, 4.69) is 15.3 Å². The van der Waals surface area contributed by atoms with E-state index in [0.717, 1.165) is 31.6 Å². The fourth-order valence-corrected chi connectivity index (χ4v) is 2.96.